The lowest BCUT2D eigenvalue weighted by atomic mass is 10.1. The summed E-state index contributed by atoms with van der Waals surface area (Å²) in [6.07, 6.45) is 1.87. The quantitative estimate of drug-likeness (QED) is 0.669. The summed E-state index contributed by atoms with van der Waals surface area (Å²) >= 11 is 7.68. The van der Waals surface area contributed by atoms with Crippen molar-refractivity contribution in [3.63, 3.8) is 0 Å². The summed E-state index contributed by atoms with van der Waals surface area (Å²) in [5.74, 6) is 1.44. The van der Waals surface area contributed by atoms with Crippen LogP contribution < -0.4 is 4.90 Å². The topological polar surface area (TPSA) is 29.0 Å². The number of thiazole rings is 1. The molecule has 0 unspecified atom stereocenters. The first kappa shape index (κ1) is 14.3. The lowest BCUT2D eigenvalue weighted by Gasteiger charge is -2.19. The summed E-state index contributed by atoms with van der Waals surface area (Å²) in [5, 5.41) is 5.49. The van der Waals surface area contributed by atoms with Gasteiger partial charge in [0.15, 0.2) is 0 Å². The number of anilines is 1. The lowest BCUT2D eigenvalue weighted by molar-refractivity contribution is 0.875. The van der Waals surface area contributed by atoms with Gasteiger partial charge in [0.2, 0.25) is 0 Å². The Labute approximate surface area is 133 Å². The van der Waals surface area contributed by atoms with Crippen molar-refractivity contribution in [1.82, 2.24) is 9.97 Å². The van der Waals surface area contributed by atoms with E-state index in [1.165, 1.54) is 5.39 Å². The number of rotatable bonds is 4. The Morgan fingerprint density at radius 1 is 1.24 bits per heavy atom. The molecule has 21 heavy (non-hydrogen) atoms. The molecule has 0 aliphatic rings. The summed E-state index contributed by atoms with van der Waals surface area (Å²) in [4.78, 5) is 11.2. The zero-order valence-electron chi connectivity index (χ0n) is 12.0. The molecule has 3 rings (SSSR count). The smallest absolute Gasteiger partial charge is 0.136 e. The molecule has 0 amide bonds. The second-order valence-electron chi connectivity index (χ2n) is 5.00. The van der Waals surface area contributed by atoms with Crippen LogP contribution in [-0.4, -0.2) is 17.0 Å². The molecule has 0 bridgehead atoms. The Morgan fingerprint density at radius 3 is 2.67 bits per heavy atom. The molecule has 3 aromatic rings. The molecular weight excluding hydrogens is 302 g/mol. The van der Waals surface area contributed by atoms with E-state index in [1.54, 1.807) is 11.3 Å². The van der Waals surface area contributed by atoms with Gasteiger partial charge in [0.25, 0.3) is 0 Å². The first-order valence-electron chi connectivity index (χ1n) is 6.73. The monoisotopic (exact) mass is 317 g/mol. The Bertz CT molecular complexity index is 769. The number of aryl methyl sites for hydroxylation is 1. The maximum Gasteiger partial charge on any atom is 0.136 e. The summed E-state index contributed by atoms with van der Waals surface area (Å²) in [6, 6.07) is 8.26. The van der Waals surface area contributed by atoms with Gasteiger partial charge in [0, 0.05) is 29.9 Å². The van der Waals surface area contributed by atoms with Crippen LogP contribution in [0.25, 0.3) is 10.8 Å². The molecule has 3 nitrogen and oxygen atoms in total. The minimum Gasteiger partial charge on any atom is -0.353 e. The number of alkyl halides is 1. The summed E-state index contributed by atoms with van der Waals surface area (Å²) < 4.78 is 0. The zero-order chi connectivity index (χ0) is 14.8. The zero-order valence-corrected chi connectivity index (χ0v) is 13.6. The first-order chi connectivity index (χ1) is 10.2. The molecule has 2 heterocycles. The molecule has 0 N–H and O–H groups in total. The summed E-state index contributed by atoms with van der Waals surface area (Å²) in [6.45, 7) is 2.78. The van der Waals surface area contributed by atoms with E-state index >= 15 is 0 Å². The van der Waals surface area contributed by atoms with Gasteiger partial charge < -0.3 is 4.90 Å². The van der Waals surface area contributed by atoms with Crippen LogP contribution in [0.4, 0.5) is 5.82 Å². The van der Waals surface area contributed by atoms with Crippen molar-refractivity contribution >= 4 is 39.5 Å². The number of aromatic nitrogens is 2. The van der Waals surface area contributed by atoms with E-state index in [0.29, 0.717) is 5.88 Å². The number of halogens is 1. The molecule has 108 valence electrons. The Kier molecular flexibility index (Phi) is 4.08. The van der Waals surface area contributed by atoms with E-state index in [1.807, 2.05) is 32.3 Å². The highest BCUT2D eigenvalue weighted by atomic mass is 35.5. The second-order valence-corrected chi connectivity index (χ2v) is 6.33. The first-order valence-corrected chi connectivity index (χ1v) is 8.15. The van der Waals surface area contributed by atoms with Crippen molar-refractivity contribution in [1.29, 1.82) is 0 Å². The van der Waals surface area contributed by atoms with Crippen molar-refractivity contribution < 1.29 is 0 Å². The predicted molar refractivity (Wildman–Crippen MR) is 90.3 cm³/mol. The van der Waals surface area contributed by atoms with E-state index in [4.69, 9.17) is 11.6 Å². The number of pyridine rings is 1. The number of nitrogens with zero attached hydrogens (tertiary/aromatic N) is 3. The van der Waals surface area contributed by atoms with Crippen LogP contribution in [0.5, 0.6) is 0 Å². The van der Waals surface area contributed by atoms with Gasteiger partial charge >= 0.3 is 0 Å². The molecular formula is C16H16ClN3S. The lowest BCUT2D eigenvalue weighted by Crippen LogP contribution is -2.18. The molecule has 0 atom stereocenters. The van der Waals surface area contributed by atoms with E-state index in [0.717, 1.165) is 34.0 Å². The Hall–Kier alpha value is -1.65. The van der Waals surface area contributed by atoms with Crippen molar-refractivity contribution in [2.75, 3.05) is 11.9 Å². The average Bonchev–Trinajstić information content (AvgIpc) is 2.91. The van der Waals surface area contributed by atoms with Crippen molar-refractivity contribution in [3.8, 4) is 0 Å². The SMILES string of the molecule is Cc1nc(CN(C)c2ncc(CCl)c3ccccc23)cs1. The van der Waals surface area contributed by atoms with Crippen LogP contribution in [0.2, 0.25) is 0 Å². The predicted octanol–water partition coefficient (Wildman–Crippen LogP) is 4.37. The number of benzene rings is 1. The van der Waals surface area contributed by atoms with Gasteiger partial charge in [0.1, 0.15) is 5.82 Å². The number of hydrogen-bond acceptors (Lipinski definition) is 4. The highest BCUT2D eigenvalue weighted by Gasteiger charge is 2.12. The highest BCUT2D eigenvalue weighted by Crippen LogP contribution is 2.28. The molecule has 2 aromatic heterocycles. The third kappa shape index (κ3) is 2.87. The van der Waals surface area contributed by atoms with Gasteiger partial charge in [-0.15, -0.1) is 22.9 Å². The third-order valence-corrected chi connectivity index (χ3v) is 4.54. The van der Waals surface area contributed by atoms with Crippen LogP contribution in [-0.2, 0) is 12.4 Å². The molecule has 1 aromatic carbocycles. The third-order valence-electron chi connectivity index (χ3n) is 3.43. The highest BCUT2D eigenvalue weighted by molar-refractivity contribution is 7.09. The number of fused-ring (bicyclic) bond motifs is 1. The fourth-order valence-electron chi connectivity index (χ4n) is 2.45. The summed E-state index contributed by atoms with van der Waals surface area (Å²) in [5.41, 5.74) is 2.14. The number of hydrogen-bond donors (Lipinski definition) is 0. The molecule has 0 aliphatic heterocycles. The summed E-state index contributed by atoms with van der Waals surface area (Å²) in [7, 11) is 2.05. The molecule has 0 fully saturated rings. The van der Waals surface area contributed by atoms with Crippen LogP contribution >= 0.6 is 22.9 Å². The molecule has 0 radical (unpaired) electrons. The maximum atomic E-state index is 6.01. The minimum absolute atomic E-state index is 0.475. The van der Waals surface area contributed by atoms with Crippen LogP contribution in [0.3, 0.4) is 0 Å². The largest absolute Gasteiger partial charge is 0.353 e. The second kappa shape index (κ2) is 6.00. The Balaban J connectivity index is 2.00. The van der Waals surface area contributed by atoms with E-state index in [2.05, 4.69) is 32.4 Å². The molecule has 0 spiro atoms. The normalized spacial score (nSPS) is 11.0. The van der Waals surface area contributed by atoms with Gasteiger partial charge in [-0.2, -0.15) is 0 Å². The van der Waals surface area contributed by atoms with E-state index < -0.39 is 0 Å². The van der Waals surface area contributed by atoms with Crippen LogP contribution in [0.15, 0.2) is 35.8 Å². The van der Waals surface area contributed by atoms with Gasteiger partial charge in [0.05, 0.1) is 17.2 Å². The fourth-order valence-corrected chi connectivity index (χ4v) is 3.26. The molecule has 0 saturated carbocycles. The standard InChI is InChI=1S/C16H16ClN3S/c1-11-19-13(10-21-11)9-20(2)16-15-6-4-3-5-14(15)12(7-17)8-18-16/h3-6,8,10H,7,9H2,1-2H3. The minimum atomic E-state index is 0.475. The molecule has 0 aliphatic carbocycles. The van der Waals surface area contributed by atoms with Crippen molar-refractivity contribution in [3.05, 3.63) is 52.1 Å². The van der Waals surface area contributed by atoms with Gasteiger partial charge in [-0.05, 0) is 17.9 Å². The van der Waals surface area contributed by atoms with Crippen LogP contribution in [0, 0.1) is 6.92 Å². The molecule has 0 saturated heterocycles. The Morgan fingerprint density at radius 2 is 2.00 bits per heavy atom. The average molecular weight is 318 g/mol. The van der Waals surface area contributed by atoms with Crippen molar-refractivity contribution in [2.45, 2.75) is 19.3 Å². The maximum absolute atomic E-state index is 6.01. The van der Waals surface area contributed by atoms with Crippen molar-refractivity contribution in [2.24, 2.45) is 0 Å². The van der Waals surface area contributed by atoms with Gasteiger partial charge in [-0.25, -0.2) is 9.97 Å². The van der Waals surface area contributed by atoms with Gasteiger partial charge in [-0.3, -0.25) is 0 Å². The van der Waals surface area contributed by atoms with E-state index in [9.17, 15) is 0 Å². The van der Waals surface area contributed by atoms with E-state index in [-0.39, 0.29) is 0 Å². The van der Waals surface area contributed by atoms with Gasteiger partial charge in [-0.1, -0.05) is 24.3 Å². The van der Waals surface area contributed by atoms with Crippen LogP contribution in [0.1, 0.15) is 16.3 Å². The fraction of sp³-hybridized carbons (Fsp3) is 0.250. The molecule has 5 heteroatoms.